The molecule has 4 rings (SSSR count). The van der Waals surface area contributed by atoms with Crippen LogP contribution in [-0.2, 0) is 16.0 Å². The summed E-state index contributed by atoms with van der Waals surface area (Å²) in [7, 11) is 1.79. The van der Waals surface area contributed by atoms with Crippen LogP contribution in [0.25, 0.3) is 5.69 Å². The first-order valence-corrected chi connectivity index (χ1v) is 11.2. The van der Waals surface area contributed by atoms with Crippen molar-refractivity contribution in [2.45, 2.75) is 50.9 Å². The van der Waals surface area contributed by atoms with Crippen molar-refractivity contribution < 1.29 is 13.9 Å². The lowest BCUT2D eigenvalue weighted by Crippen LogP contribution is -2.47. The third-order valence-corrected chi connectivity index (χ3v) is 5.99. The first-order chi connectivity index (χ1) is 15.2. The third kappa shape index (κ3) is 6.64. The Morgan fingerprint density at radius 3 is 2.78 bits per heavy atom. The lowest BCUT2D eigenvalue weighted by molar-refractivity contribution is -0.0721. The summed E-state index contributed by atoms with van der Waals surface area (Å²) in [5, 5.41) is 3.36. The fourth-order valence-corrected chi connectivity index (χ4v) is 4.20. The Labute approximate surface area is 206 Å². The number of nitrogens with one attached hydrogen (secondary N) is 1. The van der Waals surface area contributed by atoms with Gasteiger partial charge < -0.3 is 24.3 Å². The summed E-state index contributed by atoms with van der Waals surface area (Å²) in [4.78, 5) is 10.6. The molecule has 2 saturated heterocycles. The molecule has 2 aliphatic heterocycles. The van der Waals surface area contributed by atoms with Crippen molar-refractivity contribution in [3.05, 3.63) is 48.3 Å². The number of rotatable bonds is 6. The number of hydrogen-bond donors (Lipinski definition) is 1. The average molecular weight is 557 g/mol. The number of likely N-dealkylation sites (tertiary alicyclic amines) is 1. The molecule has 2 aromatic rings. The maximum absolute atomic E-state index is 14.5. The molecule has 2 aliphatic rings. The Balaban J connectivity index is 0.00000289. The highest BCUT2D eigenvalue weighted by atomic mass is 127. The molecule has 32 heavy (non-hydrogen) atoms. The second-order valence-corrected chi connectivity index (χ2v) is 8.16. The average Bonchev–Trinajstić information content (AvgIpc) is 3.34. The van der Waals surface area contributed by atoms with Crippen LogP contribution in [-0.4, -0.2) is 66.0 Å². The zero-order chi connectivity index (χ0) is 21.5. The van der Waals surface area contributed by atoms with Crippen LogP contribution < -0.4 is 5.32 Å². The molecule has 0 spiro atoms. The first-order valence-electron chi connectivity index (χ1n) is 11.2. The van der Waals surface area contributed by atoms with E-state index in [4.69, 9.17) is 9.47 Å². The van der Waals surface area contributed by atoms with Gasteiger partial charge in [-0.25, -0.2) is 9.37 Å². The zero-order valence-corrected chi connectivity index (χ0v) is 20.9. The fraction of sp³-hybridized carbons (Fsp3) is 0.565. The van der Waals surface area contributed by atoms with Crippen molar-refractivity contribution in [3.8, 4) is 5.69 Å². The standard InChI is InChI=1S/C23H32FN5O2.HI/c1-25-23(27-15-18-5-6-22(21(24)14-18)29-12-9-26-17-29)28-10-7-19(8-11-28)31-16-20-4-2-3-13-30-20;/h5-6,9,12,14,17,19-20H,2-4,7-8,10-11,13,15-16H2,1H3,(H,25,27);1H. The monoisotopic (exact) mass is 557 g/mol. The molecule has 1 aromatic carbocycles. The second-order valence-electron chi connectivity index (χ2n) is 8.16. The van der Waals surface area contributed by atoms with Gasteiger partial charge in [0, 0.05) is 45.7 Å². The van der Waals surface area contributed by atoms with Crippen LogP contribution >= 0.6 is 24.0 Å². The van der Waals surface area contributed by atoms with Gasteiger partial charge in [0.15, 0.2) is 5.96 Å². The summed E-state index contributed by atoms with van der Waals surface area (Å²) < 4.78 is 28.0. The van der Waals surface area contributed by atoms with E-state index in [0.29, 0.717) is 18.8 Å². The Morgan fingerprint density at radius 2 is 2.12 bits per heavy atom. The van der Waals surface area contributed by atoms with E-state index in [1.807, 2.05) is 6.07 Å². The number of nitrogens with zero attached hydrogens (tertiary/aromatic N) is 4. The lowest BCUT2D eigenvalue weighted by Gasteiger charge is -2.35. The van der Waals surface area contributed by atoms with Crippen LogP contribution in [0.5, 0.6) is 0 Å². The number of hydrogen-bond acceptors (Lipinski definition) is 4. The van der Waals surface area contributed by atoms with Gasteiger partial charge in [-0.2, -0.15) is 0 Å². The van der Waals surface area contributed by atoms with Gasteiger partial charge in [0.25, 0.3) is 0 Å². The summed E-state index contributed by atoms with van der Waals surface area (Å²) in [5.74, 6) is 0.570. The summed E-state index contributed by atoms with van der Waals surface area (Å²) in [6.45, 7) is 3.87. The number of guanidine groups is 1. The van der Waals surface area contributed by atoms with Crippen molar-refractivity contribution in [2.24, 2.45) is 4.99 Å². The number of halogens is 2. The highest BCUT2D eigenvalue weighted by Gasteiger charge is 2.23. The second kappa shape index (κ2) is 12.5. The van der Waals surface area contributed by atoms with Gasteiger partial charge in [-0.1, -0.05) is 6.07 Å². The van der Waals surface area contributed by atoms with E-state index in [2.05, 4.69) is 20.2 Å². The number of ether oxygens (including phenoxy) is 2. The van der Waals surface area contributed by atoms with Crippen LogP contribution in [0.15, 0.2) is 41.9 Å². The maximum Gasteiger partial charge on any atom is 0.193 e. The molecule has 1 N–H and O–H groups in total. The van der Waals surface area contributed by atoms with Crippen molar-refractivity contribution in [1.82, 2.24) is 19.8 Å². The minimum absolute atomic E-state index is 0. The molecule has 0 aliphatic carbocycles. The van der Waals surface area contributed by atoms with E-state index in [9.17, 15) is 4.39 Å². The van der Waals surface area contributed by atoms with Gasteiger partial charge in [-0.05, 0) is 49.8 Å². The Hall–Kier alpha value is -1.72. The van der Waals surface area contributed by atoms with Crippen LogP contribution in [0.3, 0.4) is 0 Å². The largest absolute Gasteiger partial charge is 0.376 e. The fourth-order valence-electron chi connectivity index (χ4n) is 4.20. The smallest absolute Gasteiger partial charge is 0.193 e. The van der Waals surface area contributed by atoms with Crippen molar-refractivity contribution in [3.63, 3.8) is 0 Å². The van der Waals surface area contributed by atoms with Gasteiger partial charge in [0.1, 0.15) is 5.82 Å². The Bertz CT molecular complexity index is 850. The number of aliphatic imine (C=N–C) groups is 1. The van der Waals surface area contributed by atoms with Gasteiger partial charge in [-0.3, -0.25) is 4.99 Å². The topological polar surface area (TPSA) is 63.9 Å². The molecule has 9 heteroatoms. The van der Waals surface area contributed by atoms with E-state index in [0.717, 1.165) is 50.5 Å². The Morgan fingerprint density at radius 1 is 1.28 bits per heavy atom. The lowest BCUT2D eigenvalue weighted by atomic mass is 10.1. The maximum atomic E-state index is 14.5. The van der Waals surface area contributed by atoms with Crippen LogP contribution in [0.4, 0.5) is 4.39 Å². The number of imidazole rings is 1. The summed E-state index contributed by atoms with van der Waals surface area (Å²) in [6, 6.07) is 5.25. The SMILES string of the molecule is CN=C(NCc1ccc(-n2ccnc2)c(F)c1)N1CCC(OCC2CCCCO2)CC1.I. The highest BCUT2D eigenvalue weighted by molar-refractivity contribution is 14.0. The third-order valence-electron chi connectivity index (χ3n) is 5.99. The summed E-state index contributed by atoms with van der Waals surface area (Å²) in [5.41, 5.74) is 1.36. The molecular formula is C23H33FIN5O2. The summed E-state index contributed by atoms with van der Waals surface area (Å²) >= 11 is 0. The molecule has 0 bridgehead atoms. The Kier molecular flexibility index (Phi) is 9.73. The van der Waals surface area contributed by atoms with Gasteiger partial charge in [0.2, 0.25) is 0 Å². The zero-order valence-electron chi connectivity index (χ0n) is 18.6. The molecular weight excluding hydrogens is 524 g/mol. The minimum Gasteiger partial charge on any atom is -0.376 e. The molecule has 1 atom stereocenters. The van der Waals surface area contributed by atoms with Gasteiger partial charge >= 0.3 is 0 Å². The van der Waals surface area contributed by atoms with Crippen LogP contribution in [0.1, 0.15) is 37.7 Å². The van der Waals surface area contributed by atoms with E-state index >= 15 is 0 Å². The molecule has 0 radical (unpaired) electrons. The number of piperidine rings is 1. The molecule has 1 aromatic heterocycles. The van der Waals surface area contributed by atoms with Crippen molar-refractivity contribution >= 4 is 29.9 Å². The van der Waals surface area contributed by atoms with Crippen molar-refractivity contribution in [1.29, 1.82) is 0 Å². The first kappa shape index (κ1) is 24.9. The molecule has 176 valence electrons. The quantitative estimate of drug-likeness (QED) is 0.333. The van der Waals surface area contributed by atoms with Crippen LogP contribution in [0, 0.1) is 5.82 Å². The predicted molar refractivity (Wildman–Crippen MR) is 133 cm³/mol. The molecule has 0 saturated carbocycles. The van der Waals surface area contributed by atoms with Gasteiger partial charge in [0.05, 0.1) is 30.8 Å². The molecule has 7 nitrogen and oxygen atoms in total. The molecule has 2 fully saturated rings. The normalized spacial score (nSPS) is 20.1. The molecule has 3 heterocycles. The predicted octanol–water partition coefficient (Wildman–Crippen LogP) is 3.75. The van der Waals surface area contributed by atoms with E-state index in [1.165, 1.54) is 12.8 Å². The van der Waals surface area contributed by atoms with Gasteiger partial charge in [-0.15, -0.1) is 24.0 Å². The number of benzene rings is 1. The van der Waals surface area contributed by atoms with E-state index in [1.54, 1.807) is 42.5 Å². The molecule has 0 amide bonds. The van der Waals surface area contributed by atoms with E-state index < -0.39 is 0 Å². The number of aromatic nitrogens is 2. The molecule has 1 unspecified atom stereocenters. The van der Waals surface area contributed by atoms with E-state index in [-0.39, 0.29) is 42.0 Å². The summed E-state index contributed by atoms with van der Waals surface area (Å²) in [6.07, 6.45) is 11.0. The minimum atomic E-state index is -0.271. The van der Waals surface area contributed by atoms with Crippen LogP contribution in [0.2, 0.25) is 0 Å². The van der Waals surface area contributed by atoms with Crippen molar-refractivity contribution in [2.75, 3.05) is 33.4 Å². The highest BCUT2D eigenvalue weighted by Crippen LogP contribution is 2.18.